The quantitative estimate of drug-likeness (QED) is 0.115. The molecule has 2 unspecified atom stereocenters. The highest BCUT2D eigenvalue weighted by atomic mass is 35.5. The van der Waals surface area contributed by atoms with E-state index in [1.165, 1.54) is 10.6 Å². The lowest BCUT2D eigenvalue weighted by molar-refractivity contribution is -0.160. The van der Waals surface area contributed by atoms with Crippen LogP contribution in [0.3, 0.4) is 0 Å². The first-order valence-electron chi connectivity index (χ1n) is 17.1. The number of aliphatic carboxylic acids is 2. The molecule has 4 heterocycles. The number of aromatic nitrogens is 2. The monoisotopic (exact) mass is 822 g/mol. The molecule has 0 saturated carbocycles. The lowest BCUT2D eigenvalue weighted by Gasteiger charge is -2.23. The Morgan fingerprint density at radius 2 is 1.26 bits per heavy atom. The first-order chi connectivity index (χ1) is 25.9. The van der Waals surface area contributed by atoms with E-state index in [0.29, 0.717) is 82.1 Å². The minimum atomic E-state index is -1.23. The number of hydrogen-bond acceptors (Lipinski definition) is 9. The zero-order valence-corrected chi connectivity index (χ0v) is 32.0. The van der Waals surface area contributed by atoms with E-state index in [9.17, 15) is 24.6 Å². The molecule has 4 aromatic rings. The number of hydrogen-bond donors (Lipinski definition) is 2. The summed E-state index contributed by atoms with van der Waals surface area (Å²) < 4.78 is 29.2. The van der Waals surface area contributed by atoms with Crippen LogP contribution in [-0.4, -0.2) is 75.9 Å². The van der Waals surface area contributed by atoms with Crippen LogP contribution in [0.15, 0.2) is 77.9 Å². The van der Waals surface area contributed by atoms with Crippen molar-refractivity contribution in [2.45, 2.75) is 56.3 Å². The number of pyridine rings is 2. The highest BCUT2D eigenvalue weighted by molar-refractivity contribution is 6.36. The van der Waals surface area contributed by atoms with Crippen molar-refractivity contribution in [2.75, 3.05) is 33.0 Å². The van der Waals surface area contributed by atoms with Crippen LogP contribution in [0.4, 0.5) is 0 Å². The third-order valence-corrected chi connectivity index (χ3v) is 9.85. The van der Waals surface area contributed by atoms with Crippen molar-refractivity contribution in [1.82, 2.24) is 9.55 Å². The Labute approximate surface area is 331 Å². The van der Waals surface area contributed by atoms with Crippen LogP contribution in [-0.2, 0) is 38.4 Å². The van der Waals surface area contributed by atoms with Gasteiger partial charge in [-0.25, -0.2) is 14.6 Å². The van der Waals surface area contributed by atoms with Gasteiger partial charge in [0.2, 0.25) is 5.88 Å². The molecule has 288 valence electrons. The van der Waals surface area contributed by atoms with Gasteiger partial charge in [-0.2, -0.15) is 0 Å². The number of carboxylic acid groups (broad SMARTS) is 2. The standard InChI is InChI=1S/2C19H19Cl2NO5/c20-14-2-3-16(15(21)11-14)26-9-7-22-6-4-13(10-17(22)23)12-19(18(24)25)5-1-8-27-19;20-14-2-3-16(15(21)11-14)25-8-9-26-17-10-13(4-6-22-17)12-19(18(23)24)5-1-7-27-19/h2-4,6,10-11H,1,5,7-9,12H2,(H,24,25);2-4,6,10-11H,1,5,7-9,12H2,(H,23,24). The number of nitrogens with zero attached hydrogens (tertiary/aromatic N) is 2. The first kappa shape index (κ1) is 41.1. The van der Waals surface area contributed by atoms with E-state index in [0.717, 1.165) is 12.0 Å². The minimum Gasteiger partial charge on any atom is -0.490 e. The second kappa shape index (κ2) is 19.0. The van der Waals surface area contributed by atoms with Crippen molar-refractivity contribution in [3.63, 3.8) is 0 Å². The Bertz CT molecular complexity index is 1980. The number of halogens is 4. The van der Waals surface area contributed by atoms with E-state index >= 15 is 0 Å². The first-order valence-corrected chi connectivity index (χ1v) is 18.6. The van der Waals surface area contributed by atoms with Crippen molar-refractivity contribution in [1.29, 1.82) is 0 Å². The zero-order chi connectivity index (χ0) is 38.7. The number of rotatable bonds is 15. The molecule has 16 heteroatoms. The highest BCUT2D eigenvalue weighted by Gasteiger charge is 2.44. The third kappa shape index (κ3) is 11.0. The maximum absolute atomic E-state index is 12.3. The average molecular weight is 825 g/mol. The van der Waals surface area contributed by atoms with Gasteiger partial charge in [-0.3, -0.25) is 4.79 Å². The Balaban J connectivity index is 0.000000208. The predicted molar refractivity (Wildman–Crippen MR) is 203 cm³/mol. The van der Waals surface area contributed by atoms with Crippen LogP contribution in [0.5, 0.6) is 17.4 Å². The number of benzene rings is 2. The SMILES string of the molecule is O=C(O)C1(Cc2ccn(CCOc3ccc(Cl)cc3Cl)c(=O)c2)CCCO1.O=C(O)C1(Cc2ccnc(OCCOc3ccc(Cl)cc3Cl)c2)CCCO1. The molecular weight excluding hydrogens is 786 g/mol. The van der Waals surface area contributed by atoms with Crippen LogP contribution in [0, 0.1) is 0 Å². The molecule has 0 bridgehead atoms. The van der Waals surface area contributed by atoms with Crippen molar-refractivity contribution in [2.24, 2.45) is 0 Å². The summed E-state index contributed by atoms with van der Waals surface area (Å²) >= 11 is 23.8. The maximum atomic E-state index is 12.3. The summed E-state index contributed by atoms with van der Waals surface area (Å²) in [6, 6.07) is 16.6. The normalized spacial score (nSPS) is 19.1. The van der Waals surface area contributed by atoms with Crippen LogP contribution in [0.2, 0.25) is 20.1 Å². The lowest BCUT2D eigenvalue weighted by atomic mass is 9.92. The van der Waals surface area contributed by atoms with E-state index in [1.54, 1.807) is 67.0 Å². The Kier molecular flexibility index (Phi) is 14.5. The van der Waals surface area contributed by atoms with Gasteiger partial charge < -0.3 is 38.5 Å². The van der Waals surface area contributed by atoms with Gasteiger partial charge in [0, 0.05) is 60.6 Å². The summed E-state index contributed by atoms with van der Waals surface area (Å²) in [5.74, 6) is -0.512. The summed E-state index contributed by atoms with van der Waals surface area (Å²) in [6.45, 7) is 2.01. The van der Waals surface area contributed by atoms with Crippen LogP contribution < -0.4 is 19.8 Å². The molecule has 0 radical (unpaired) electrons. The molecule has 54 heavy (non-hydrogen) atoms. The fourth-order valence-electron chi connectivity index (χ4n) is 6.04. The van der Waals surface area contributed by atoms with Gasteiger partial charge in [-0.1, -0.05) is 46.4 Å². The van der Waals surface area contributed by atoms with Crippen LogP contribution >= 0.6 is 46.4 Å². The Morgan fingerprint density at radius 3 is 1.76 bits per heavy atom. The van der Waals surface area contributed by atoms with Gasteiger partial charge in [0.1, 0.15) is 31.3 Å². The molecule has 0 amide bonds. The molecule has 2 aliphatic rings. The predicted octanol–water partition coefficient (Wildman–Crippen LogP) is 7.43. The summed E-state index contributed by atoms with van der Waals surface area (Å²) in [4.78, 5) is 39.6. The highest BCUT2D eigenvalue weighted by Crippen LogP contribution is 2.32. The summed E-state index contributed by atoms with van der Waals surface area (Å²) in [6.07, 6.45) is 6.06. The molecule has 2 saturated heterocycles. The minimum absolute atomic E-state index is 0.176. The van der Waals surface area contributed by atoms with E-state index in [-0.39, 0.29) is 38.2 Å². The van der Waals surface area contributed by atoms with Crippen molar-refractivity contribution >= 4 is 58.3 Å². The van der Waals surface area contributed by atoms with Crippen molar-refractivity contribution in [3.8, 4) is 17.4 Å². The number of carboxylic acids is 2. The smallest absolute Gasteiger partial charge is 0.336 e. The molecule has 2 fully saturated rings. The fraction of sp³-hybridized carbons (Fsp3) is 0.368. The van der Waals surface area contributed by atoms with Crippen molar-refractivity contribution < 1.29 is 43.5 Å². The van der Waals surface area contributed by atoms with Gasteiger partial charge in [0.25, 0.3) is 5.56 Å². The molecule has 0 spiro atoms. The molecule has 2 aromatic heterocycles. The summed E-state index contributed by atoms with van der Waals surface area (Å²) in [7, 11) is 0. The molecule has 6 rings (SSSR count). The molecular formula is C38H38Cl4N2O10. The average Bonchev–Trinajstić information content (AvgIpc) is 3.81. The summed E-state index contributed by atoms with van der Waals surface area (Å²) in [5.41, 5.74) is -1.18. The van der Waals surface area contributed by atoms with Gasteiger partial charge >= 0.3 is 11.9 Å². The van der Waals surface area contributed by atoms with Gasteiger partial charge in [0.15, 0.2) is 11.2 Å². The van der Waals surface area contributed by atoms with E-state index in [1.807, 2.05) is 0 Å². The zero-order valence-electron chi connectivity index (χ0n) is 29.0. The lowest BCUT2D eigenvalue weighted by Crippen LogP contribution is -2.40. The molecule has 12 nitrogen and oxygen atoms in total. The van der Waals surface area contributed by atoms with Gasteiger partial charge in [-0.15, -0.1) is 0 Å². The second-order valence-electron chi connectivity index (χ2n) is 12.6. The topological polar surface area (TPSA) is 156 Å². The van der Waals surface area contributed by atoms with Crippen molar-refractivity contribution in [3.05, 3.63) is 115 Å². The van der Waals surface area contributed by atoms with Crippen LogP contribution in [0.25, 0.3) is 0 Å². The van der Waals surface area contributed by atoms with E-state index in [4.69, 9.17) is 70.1 Å². The third-order valence-electron chi connectivity index (χ3n) is 8.79. The Hall–Kier alpha value is -4.04. The van der Waals surface area contributed by atoms with E-state index in [2.05, 4.69) is 4.98 Å². The maximum Gasteiger partial charge on any atom is 0.336 e. The second-order valence-corrected chi connectivity index (χ2v) is 14.3. The molecule has 2 atom stereocenters. The molecule has 2 N–H and O–H groups in total. The fourth-order valence-corrected chi connectivity index (χ4v) is 6.97. The van der Waals surface area contributed by atoms with Gasteiger partial charge in [0.05, 0.1) is 16.6 Å². The molecule has 2 aromatic carbocycles. The van der Waals surface area contributed by atoms with Gasteiger partial charge in [-0.05, 0) is 85.3 Å². The largest absolute Gasteiger partial charge is 0.490 e. The number of ether oxygens (including phenoxy) is 5. The molecule has 2 aliphatic heterocycles. The van der Waals surface area contributed by atoms with Crippen LogP contribution in [0.1, 0.15) is 36.8 Å². The van der Waals surface area contributed by atoms with E-state index < -0.39 is 23.1 Å². The Morgan fingerprint density at radius 1 is 0.722 bits per heavy atom. The number of carbonyl (C=O) groups is 2. The summed E-state index contributed by atoms with van der Waals surface area (Å²) in [5, 5.41) is 20.9. The molecule has 0 aliphatic carbocycles.